The Morgan fingerprint density at radius 2 is 0.929 bits per heavy atom. The Hall–Kier alpha value is -6.72. The molecule has 0 spiro atoms. The predicted molar refractivity (Wildman–Crippen MR) is 244 cm³/mol. The van der Waals surface area contributed by atoms with Gasteiger partial charge in [-0.1, -0.05) is 127 Å². The van der Waals surface area contributed by atoms with E-state index in [-0.39, 0.29) is 0 Å². The van der Waals surface area contributed by atoms with Crippen molar-refractivity contribution in [1.82, 2.24) is 4.57 Å². The number of hydrogen-bond acceptors (Lipinski definition) is 3. The van der Waals surface area contributed by atoms with Gasteiger partial charge in [-0.25, -0.2) is 0 Å². The predicted octanol–water partition coefficient (Wildman–Crippen LogP) is 15.8. The zero-order valence-electron chi connectivity index (χ0n) is 30.2. The highest BCUT2D eigenvalue weighted by atomic mass is 32.1. The SMILES string of the molecule is c1ccc(-c2ccc(N(c3ccc(-n4c5ccccc5c5ccc6ccc7c8ccccc8sc7c6c54)cc3)c3ccc4c(c3)sc3ccccc34)cc2)cc1. The second-order valence-electron chi connectivity index (χ2n) is 14.5. The molecular weight excluding hydrogens is 717 g/mol. The van der Waals surface area contributed by atoms with E-state index >= 15 is 0 Å². The van der Waals surface area contributed by atoms with E-state index in [1.807, 2.05) is 22.7 Å². The largest absolute Gasteiger partial charge is 0.310 e. The van der Waals surface area contributed by atoms with Crippen LogP contribution in [0.4, 0.5) is 17.1 Å². The summed E-state index contributed by atoms with van der Waals surface area (Å²) in [4.78, 5) is 2.39. The minimum absolute atomic E-state index is 1.11. The zero-order chi connectivity index (χ0) is 36.7. The number of rotatable bonds is 5. The summed E-state index contributed by atoms with van der Waals surface area (Å²) < 4.78 is 7.76. The van der Waals surface area contributed by atoms with E-state index in [2.05, 4.69) is 204 Å². The van der Waals surface area contributed by atoms with E-state index in [1.165, 1.54) is 84.0 Å². The molecule has 2 nitrogen and oxygen atoms in total. The highest BCUT2D eigenvalue weighted by molar-refractivity contribution is 7.27. The topological polar surface area (TPSA) is 8.17 Å². The minimum atomic E-state index is 1.11. The maximum Gasteiger partial charge on any atom is 0.0633 e. The number of nitrogens with zero attached hydrogens (tertiary/aromatic N) is 2. The Labute approximate surface area is 331 Å². The van der Waals surface area contributed by atoms with Gasteiger partial charge in [0.15, 0.2) is 0 Å². The normalized spacial score (nSPS) is 11.9. The molecular formula is C52H32N2S2. The lowest BCUT2D eigenvalue weighted by molar-refractivity contribution is 1.18. The molecule has 56 heavy (non-hydrogen) atoms. The van der Waals surface area contributed by atoms with Crippen LogP contribution in [0, 0.1) is 0 Å². The van der Waals surface area contributed by atoms with Crippen LogP contribution in [0.1, 0.15) is 0 Å². The van der Waals surface area contributed by atoms with E-state index in [1.54, 1.807) is 0 Å². The first kappa shape index (κ1) is 31.6. The van der Waals surface area contributed by atoms with Crippen molar-refractivity contribution in [2.75, 3.05) is 4.90 Å². The summed E-state index contributed by atoms with van der Waals surface area (Å²) >= 11 is 3.76. The van der Waals surface area contributed by atoms with Crippen molar-refractivity contribution in [1.29, 1.82) is 0 Å². The van der Waals surface area contributed by atoms with Crippen molar-refractivity contribution >= 4 is 113 Å². The molecule has 3 aromatic heterocycles. The summed E-state index contributed by atoms with van der Waals surface area (Å²) in [5.41, 5.74) is 9.40. The van der Waals surface area contributed by atoms with Crippen LogP contribution in [0.5, 0.6) is 0 Å². The van der Waals surface area contributed by atoms with E-state index in [4.69, 9.17) is 0 Å². The molecule has 0 radical (unpaired) electrons. The summed E-state index contributed by atoms with van der Waals surface area (Å²) in [6.07, 6.45) is 0. The van der Waals surface area contributed by atoms with Gasteiger partial charge in [0.2, 0.25) is 0 Å². The Morgan fingerprint density at radius 1 is 0.375 bits per heavy atom. The number of hydrogen-bond donors (Lipinski definition) is 0. The zero-order valence-corrected chi connectivity index (χ0v) is 31.8. The Balaban J connectivity index is 1.05. The fourth-order valence-corrected chi connectivity index (χ4v) is 11.2. The number of fused-ring (bicyclic) bond motifs is 12. The molecule has 0 bridgehead atoms. The van der Waals surface area contributed by atoms with Crippen LogP contribution >= 0.6 is 22.7 Å². The van der Waals surface area contributed by atoms with Gasteiger partial charge in [0.05, 0.1) is 11.0 Å². The van der Waals surface area contributed by atoms with Gasteiger partial charge in [0.25, 0.3) is 0 Å². The van der Waals surface area contributed by atoms with Gasteiger partial charge in [0, 0.05) is 79.3 Å². The minimum Gasteiger partial charge on any atom is -0.310 e. The lowest BCUT2D eigenvalue weighted by Crippen LogP contribution is -2.10. The fourth-order valence-electron chi connectivity index (χ4n) is 8.79. The summed E-state index contributed by atoms with van der Waals surface area (Å²) in [5.74, 6) is 0. The van der Waals surface area contributed by atoms with Crippen molar-refractivity contribution < 1.29 is 0 Å². The number of aromatic nitrogens is 1. The van der Waals surface area contributed by atoms with Crippen LogP contribution in [0.15, 0.2) is 194 Å². The lowest BCUT2D eigenvalue weighted by atomic mass is 10.0. The molecule has 0 aliphatic rings. The summed E-state index contributed by atoms with van der Waals surface area (Å²) in [6.45, 7) is 0. The molecule has 0 atom stereocenters. The van der Waals surface area contributed by atoms with Gasteiger partial charge in [-0.3, -0.25) is 0 Å². The monoisotopic (exact) mass is 748 g/mol. The molecule has 0 aliphatic carbocycles. The van der Waals surface area contributed by atoms with E-state index < -0.39 is 0 Å². The van der Waals surface area contributed by atoms with Gasteiger partial charge in [-0.15, -0.1) is 22.7 Å². The Bertz CT molecular complexity index is 3460. The van der Waals surface area contributed by atoms with Crippen LogP contribution in [0.25, 0.3) is 89.7 Å². The standard InChI is InChI=1S/C52H32N2S2/c1-2-10-33(11-3-1)34-18-22-36(23-19-34)53(39-28-31-43-41-13-5-8-16-47(41)55-49(43)32-39)37-24-26-38(27-25-37)54-46-15-7-4-12-40(46)44-29-20-35-21-30-45-42-14-6-9-17-48(42)56-52(45)50(35)51(44)54/h1-32H. The smallest absolute Gasteiger partial charge is 0.0633 e. The van der Waals surface area contributed by atoms with Crippen LogP contribution in [0.2, 0.25) is 0 Å². The molecule has 3 heterocycles. The fraction of sp³-hybridized carbons (Fsp3) is 0. The maximum absolute atomic E-state index is 2.49. The molecule has 9 aromatic carbocycles. The van der Waals surface area contributed by atoms with Gasteiger partial charge in [0.1, 0.15) is 0 Å². The summed E-state index contributed by atoms with van der Waals surface area (Å²) in [6, 6.07) is 71.3. The third-order valence-electron chi connectivity index (χ3n) is 11.4. The molecule has 12 aromatic rings. The average molecular weight is 749 g/mol. The van der Waals surface area contributed by atoms with E-state index in [0.29, 0.717) is 0 Å². The molecule has 0 saturated heterocycles. The van der Waals surface area contributed by atoms with Crippen molar-refractivity contribution in [3.8, 4) is 16.8 Å². The van der Waals surface area contributed by atoms with Crippen LogP contribution in [-0.2, 0) is 0 Å². The molecule has 0 fully saturated rings. The van der Waals surface area contributed by atoms with Gasteiger partial charge >= 0.3 is 0 Å². The summed E-state index contributed by atoms with van der Waals surface area (Å²) in [7, 11) is 0. The number of benzene rings is 9. The lowest BCUT2D eigenvalue weighted by Gasteiger charge is -2.26. The maximum atomic E-state index is 2.49. The molecule has 0 amide bonds. The van der Waals surface area contributed by atoms with Crippen molar-refractivity contribution in [3.05, 3.63) is 194 Å². The first-order chi connectivity index (χ1) is 27.8. The van der Waals surface area contributed by atoms with Crippen molar-refractivity contribution in [2.24, 2.45) is 0 Å². The van der Waals surface area contributed by atoms with E-state index in [9.17, 15) is 0 Å². The van der Waals surface area contributed by atoms with Crippen LogP contribution in [0.3, 0.4) is 0 Å². The van der Waals surface area contributed by atoms with Gasteiger partial charge in [-0.05, 0) is 83.2 Å². The third kappa shape index (κ3) is 4.80. The molecule has 262 valence electrons. The van der Waals surface area contributed by atoms with Gasteiger partial charge in [-0.2, -0.15) is 0 Å². The number of thiophene rings is 2. The molecule has 4 heteroatoms. The molecule has 0 N–H and O–H groups in total. The second kappa shape index (κ2) is 12.4. The molecule has 0 aliphatic heterocycles. The molecule has 12 rings (SSSR count). The summed E-state index contributed by atoms with van der Waals surface area (Å²) in [5, 5.41) is 10.4. The Morgan fingerprint density at radius 3 is 1.70 bits per heavy atom. The Kier molecular flexibility index (Phi) is 7.00. The molecule has 0 saturated carbocycles. The highest BCUT2D eigenvalue weighted by Gasteiger charge is 2.20. The van der Waals surface area contributed by atoms with Crippen molar-refractivity contribution in [2.45, 2.75) is 0 Å². The third-order valence-corrected chi connectivity index (χ3v) is 13.7. The first-order valence-electron chi connectivity index (χ1n) is 19.0. The first-order valence-corrected chi connectivity index (χ1v) is 20.6. The van der Waals surface area contributed by atoms with Crippen LogP contribution in [-0.4, -0.2) is 4.57 Å². The number of anilines is 3. The van der Waals surface area contributed by atoms with Crippen LogP contribution < -0.4 is 4.90 Å². The number of para-hydroxylation sites is 1. The van der Waals surface area contributed by atoms with Crippen molar-refractivity contribution in [3.63, 3.8) is 0 Å². The average Bonchev–Trinajstić information content (AvgIpc) is 3.94. The van der Waals surface area contributed by atoms with Gasteiger partial charge < -0.3 is 9.47 Å². The highest BCUT2D eigenvalue weighted by Crippen LogP contribution is 2.45. The van der Waals surface area contributed by atoms with E-state index in [0.717, 1.165) is 22.7 Å². The second-order valence-corrected chi connectivity index (χ2v) is 16.6. The quantitative estimate of drug-likeness (QED) is 0.170. The molecule has 0 unspecified atom stereocenters.